The quantitative estimate of drug-likeness (QED) is 0.0668. The number of aromatic hydroxyl groups is 1. The topological polar surface area (TPSA) is 138 Å². The van der Waals surface area contributed by atoms with Crippen LogP contribution >= 0.6 is 0 Å². The summed E-state index contributed by atoms with van der Waals surface area (Å²) in [4.78, 5) is 18.6. The maximum atomic E-state index is 13.5. The van der Waals surface area contributed by atoms with Crippen LogP contribution in [-0.4, -0.2) is 31.8 Å². The van der Waals surface area contributed by atoms with Gasteiger partial charge in [-0.15, -0.1) is 12.3 Å². The van der Waals surface area contributed by atoms with Crippen molar-refractivity contribution < 1.29 is 41.0 Å². The van der Waals surface area contributed by atoms with E-state index in [1.54, 1.807) is 12.1 Å². The lowest BCUT2D eigenvalue weighted by Crippen LogP contribution is -2.25. The van der Waals surface area contributed by atoms with Crippen LogP contribution in [-0.2, 0) is 30.8 Å². The molecule has 232 valence electrons. The number of halogens is 6. The molecule has 1 unspecified atom stereocenters. The highest BCUT2D eigenvalue weighted by Crippen LogP contribution is 2.46. The molecule has 10 nitrogen and oxygen atoms in total. The molecule has 1 amide bonds. The number of hydrogen-bond acceptors (Lipinski definition) is 6. The third kappa shape index (κ3) is 7.46. The Morgan fingerprint density at radius 1 is 1.13 bits per heavy atom. The number of carbonyl (C=O) groups excluding carboxylic acids is 1. The van der Waals surface area contributed by atoms with E-state index in [4.69, 9.17) is 16.7 Å². The summed E-state index contributed by atoms with van der Waals surface area (Å²) in [6.07, 6.45) is -2.84. The number of phenolic OH excluding ortho intramolecular Hbond substituents is 1. The third-order valence-corrected chi connectivity index (χ3v) is 6.36. The van der Waals surface area contributed by atoms with E-state index in [1.165, 1.54) is 31.3 Å². The maximum absolute atomic E-state index is 13.5. The zero-order chi connectivity index (χ0) is 32.9. The van der Waals surface area contributed by atoms with Crippen molar-refractivity contribution in [2.45, 2.75) is 31.4 Å². The van der Waals surface area contributed by atoms with Crippen molar-refractivity contribution >= 4 is 11.6 Å². The van der Waals surface area contributed by atoms with Crippen molar-refractivity contribution in [3.05, 3.63) is 88.2 Å². The lowest BCUT2D eigenvalue weighted by Gasteiger charge is -2.17. The number of benzene rings is 2. The standard InChI is InChI=1S/C29H21F6N7O3/c1-3-4-21(39-41-36)27(44)38-19-7-5-16(6-8-19)15-45-23-10-9-20(22-12-24(29(33,34)35)40-42(22)2)26(43)25(23)17-11-18(14-37-13-17)28(30,31)32/h1,5-14,21,43H,4,15H2,2H3,(H,38,44). The van der Waals surface area contributed by atoms with Gasteiger partial charge in [0.25, 0.3) is 0 Å². The smallest absolute Gasteiger partial charge is 0.435 e. The molecule has 4 aromatic rings. The van der Waals surface area contributed by atoms with E-state index >= 15 is 0 Å². The Bertz CT molecular complexity index is 1810. The Labute approximate surface area is 250 Å². The predicted octanol–water partition coefficient (Wildman–Crippen LogP) is 7.11. The minimum atomic E-state index is -4.78. The number of nitrogens with zero attached hydrogens (tertiary/aromatic N) is 6. The van der Waals surface area contributed by atoms with Crippen molar-refractivity contribution in [1.82, 2.24) is 14.8 Å². The van der Waals surface area contributed by atoms with Crippen LogP contribution in [0.2, 0.25) is 0 Å². The lowest BCUT2D eigenvalue weighted by atomic mass is 9.98. The first-order valence-corrected chi connectivity index (χ1v) is 12.7. The van der Waals surface area contributed by atoms with Gasteiger partial charge in [-0.05, 0) is 47.5 Å². The molecule has 0 fully saturated rings. The van der Waals surface area contributed by atoms with E-state index in [0.29, 0.717) is 23.5 Å². The van der Waals surface area contributed by atoms with Gasteiger partial charge in [-0.25, -0.2) is 0 Å². The molecule has 45 heavy (non-hydrogen) atoms. The summed E-state index contributed by atoms with van der Waals surface area (Å²) >= 11 is 0. The zero-order valence-corrected chi connectivity index (χ0v) is 23.1. The number of terminal acetylenes is 1. The largest absolute Gasteiger partial charge is 0.506 e. The minimum Gasteiger partial charge on any atom is -0.506 e. The number of aromatic nitrogens is 3. The highest BCUT2D eigenvalue weighted by atomic mass is 19.4. The molecule has 2 heterocycles. The van der Waals surface area contributed by atoms with Crippen LogP contribution in [0.5, 0.6) is 11.5 Å². The fourth-order valence-corrected chi connectivity index (χ4v) is 4.20. The van der Waals surface area contributed by atoms with Crippen molar-refractivity contribution in [2.24, 2.45) is 12.2 Å². The molecular formula is C29H21F6N7O3. The van der Waals surface area contributed by atoms with Crippen LogP contribution in [0.1, 0.15) is 23.2 Å². The normalized spacial score (nSPS) is 12.1. The average molecular weight is 630 g/mol. The van der Waals surface area contributed by atoms with Gasteiger partial charge in [0.2, 0.25) is 5.91 Å². The first kappa shape index (κ1) is 32.2. The number of aryl methyl sites for hydroxylation is 1. The van der Waals surface area contributed by atoms with Crippen molar-refractivity contribution in [2.75, 3.05) is 5.32 Å². The van der Waals surface area contributed by atoms with Crippen molar-refractivity contribution in [1.29, 1.82) is 0 Å². The molecule has 0 saturated heterocycles. The number of azide groups is 1. The molecule has 0 spiro atoms. The highest BCUT2D eigenvalue weighted by Gasteiger charge is 2.35. The van der Waals surface area contributed by atoms with Crippen molar-refractivity contribution in [3.8, 4) is 46.2 Å². The number of carbonyl (C=O) groups is 1. The number of rotatable bonds is 9. The van der Waals surface area contributed by atoms with Gasteiger partial charge in [-0.2, -0.15) is 31.4 Å². The summed E-state index contributed by atoms with van der Waals surface area (Å²) in [6, 6.07) is 9.00. The average Bonchev–Trinajstić information content (AvgIpc) is 3.38. The van der Waals surface area contributed by atoms with Crippen LogP contribution in [0.25, 0.3) is 32.8 Å². The van der Waals surface area contributed by atoms with Gasteiger partial charge < -0.3 is 15.2 Å². The van der Waals surface area contributed by atoms with Gasteiger partial charge in [0.15, 0.2) is 5.69 Å². The Balaban J connectivity index is 1.67. The number of pyridine rings is 1. The molecule has 2 aromatic heterocycles. The summed E-state index contributed by atoms with van der Waals surface area (Å²) < 4.78 is 87.1. The van der Waals surface area contributed by atoms with Crippen LogP contribution < -0.4 is 10.1 Å². The summed E-state index contributed by atoms with van der Waals surface area (Å²) in [5, 5.41) is 20.6. The number of nitrogens with one attached hydrogen (secondary N) is 1. The van der Waals surface area contributed by atoms with Crippen LogP contribution in [0, 0.1) is 12.3 Å². The lowest BCUT2D eigenvalue weighted by molar-refractivity contribution is -0.141. The van der Waals surface area contributed by atoms with E-state index in [1.807, 2.05) is 0 Å². The first-order chi connectivity index (χ1) is 21.2. The fraction of sp³-hybridized carbons (Fsp3) is 0.207. The van der Waals surface area contributed by atoms with Crippen LogP contribution in [0.15, 0.2) is 66.0 Å². The maximum Gasteiger partial charge on any atom is 0.435 e. The van der Waals surface area contributed by atoms with E-state index in [0.717, 1.165) is 16.9 Å². The number of phenols is 1. The Hall–Kier alpha value is -5.68. The second-order valence-electron chi connectivity index (χ2n) is 9.43. The van der Waals surface area contributed by atoms with Crippen LogP contribution in [0.3, 0.4) is 0 Å². The molecule has 0 aliphatic carbocycles. The van der Waals surface area contributed by atoms with Gasteiger partial charge in [0.05, 0.1) is 16.8 Å². The van der Waals surface area contributed by atoms with Crippen LogP contribution in [0.4, 0.5) is 32.0 Å². The monoisotopic (exact) mass is 629 g/mol. The second-order valence-corrected chi connectivity index (χ2v) is 9.43. The van der Waals surface area contributed by atoms with Gasteiger partial charge in [0, 0.05) is 47.6 Å². The summed E-state index contributed by atoms with van der Waals surface area (Å²) in [5.74, 6) is 0.860. The summed E-state index contributed by atoms with van der Waals surface area (Å²) in [6.45, 7) is -0.172. The SMILES string of the molecule is C#CCC(N=[N+]=[N-])C(=O)Nc1ccc(COc2ccc(-c3cc(C(F)(F)F)nn3C)c(O)c2-c2cncc(C(F)(F)F)c2)cc1. The number of anilines is 1. The molecule has 1 atom stereocenters. The number of alkyl halides is 6. The second kappa shape index (κ2) is 12.9. The highest BCUT2D eigenvalue weighted by molar-refractivity contribution is 5.95. The number of amides is 1. The first-order valence-electron chi connectivity index (χ1n) is 12.7. The molecule has 16 heteroatoms. The Morgan fingerprint density at radius 3 is 2.44 bits per heavy atom. The van der Waals surface area contributed by atoms with E-state index in [9.17, 15) is 36.2 Å². The molecule has 4 rings (SSSR count). The zero-order valence-electron chi connectivity index (χ0n) is 23.1. The van der Waals surface area contributed by atoms with E-state index in [-0.39, 0.29) is 41.2 Å². The number of hydrogen-bond donors (Lipinski definition) is 2. The van der Waals surface area contributed by atoms with Crippen molar-refractivity contribution in [3.63, 3.8) is 0 Å². The van der Waals surface area contributed by atoms with E-state index < -0.39 is 41.3 Å². The molecule has 2 aromatic carbocycles. The van der Waals surface area contributed by atoms with Gasteiger partial charge in [0.1, 0.15) is 24.1 Å². The molecular weight excluding hydrogens is 608 g/mol. The minimum absolute atomic E-state index is 0.0977. The number of ether oxygens (including phenoxy) is 1. The molecule has 0 aliphatic rings. The predicted molar refractivity (Wildman–Crippen MR) is 149 cm³/mol. The Morgan fingerprint density at radius 2 is 1.84 bits per heavy atom. The third-order valence-electron chi connectivity index (χ3n) is 6.36. The fourth-order valence-electron chi connectivity index (χ4n) is 4.20. The molecule has 0 aliphatic heterocycles. The Kier molecular flexibility index (Phi) is 9.24. The molecule has 2 N–H and O–H groups in total. The summed E-state index contributed by atoms with van der Waals surface area (Å²) in [7, 11) is 1.22. The molecule has 0 radical (unpaired) electrons. The molecule has 0 bridgehead atoms. The van der Waals surface area contributed by atoms with Gasteiger partial charge in [-0.1, -0.05) is 17.2 Å². The van der Waals surface area contributed by atoms with Gasteiger partial charge in [-0.3, -0.25) is 14.5 Å². The summed E-state index contributed by atoms with van der Waals surface area (Å²) in [5.41, 5.74) is 6.37. The molecule has 0 saturated carbocycles. The van der Waals surface area contributed by atoms with E-state index in [2.05, 4.69) is 31.3 Å². The van der Waals surface area contributed by atoms with Gasteiger partial charge >= 0.3 is 12.4 Å².